The Bertz CT molecular complexity index is 915. The monoisotopic (exact) mass is 376 g/mol. The quantitative estimate of drug-likeness (QED) is 0.625. The number of alkyl halides is 3. The minimum atomic E-state index is -4.54. The first kappa shape index (κ1) is 19.8. The molecule has 8 heteroatoms. The summed E-state index contributed by atoms with van der Waals surface area (Å²) in [6.45, 7) is 0. The molecule has 2 aromatic carbocycles. The summed E-state index contributed by atoms with van der Waals surface area (Å²) in [7, 11) is 2.90. The third-order valence-electron chi connectivity index (χ3n) is 3.55. The minimum Gasteiger partial charge on any atom is -0.497 e. The largest absolute Gasteiger partial charge is 0.497 e. The Kier molecular flexibility index (Phi) is 6.08. The highest BCUT2D eigenvalue weighted by atomic mass is 19.4. The summed E-state index contributed by atoms with van der Waals surface area (Å²) in [5.41, 5.74) is -0.831. The molecule has 0 atom stereocenters. The van der Waals surface area contributed by atoms with E-state index < -0.39 is 17.6 Å². The Labute approximate surface area is 153 Å². The third kappa shape index (κ3) is 5.01. The molecule has 0 saturated carbocycles. The van der Waals surface area contributed by atoms with Crippen LogP contribution in [-0.2, 0) is 11.0 Å². The molecule has 0 saturated heterocycles. The van der Waals surface area contributed by atoms with E-state index in [2.05, 4.69) is 5.32 Å². The zero-order valence-corrected chi connectivity index (χ0v) is 14.4. The van der Waals surface area contributed by atoms with Gasteiger partial charge in [-0.05, 0) is 36.4 Å². The van der Waals surface area contributed by atoms with E-state index in [4.69, 9.17) is 9.47 Å². The van der Waals surface area contributed by atoms with E-state index in [0.29, 0.717) is 17.1 Å². The van der Waals surface area contributed by atoms with Crippen molar-refractivity contribution < 1.29 is 27.4 Å². The number of ether oxygens (including phenoxy) is 2. The summed E-state index contributed by atoms with van der Waals surface area (Å²) < 4.78 is 48.6. The van der Waals surface area contributed by atoms with E-state index in [-0.39, 0.29) is 11.3 Å². The number of rotatable bonds is 5. The van der Waals surface area contributed by atoms with Gasteiger partial charge in [0.25, 0.3) is 5.91 Å². The van der Waals surface area contributed by atoms with E-state index in [0.717, 1.165) is 12.1 Å². The minimum absolute atomic E-state index is 0.0716. The smallest absolute Gasteiger partial charge is 0.416 e. The van der Waals surface area contributed by atoms with Crippen LogP contribution in [0.25, 0.3) is 6.08 Å². The number of amides is 1. The summed E-state index contributed by atoms with van der Waals surface area (Å²) in [6.07, 6.45) is -3.26. The maximum atomic E-state index is 12.8. The Morgan fingerprint density at radius 2 is 1.89 bits per heavy atom. The lowest BCUT2D eigenvalue weighted by Crippen LogP contribution is -2.14. The molecule has 0 aliphatic carbocycles. The normalized spacial score (nSPS) is 11.5. The van der Waals surface area contributed by atoms with Crippen LogP contribution in [0.3, 0.4) is 0 Å². The number of hydrogen-bond donors (Lipinski definition) is 1. The molecule has 0 unspecified atom stereocenters. The number of halogens is 3. The number of carbonyl (C=O) groups is 1. The van der Waals surface area contributed by atoms with Crippen LogP contribution in [-0.4, -0.2) is 20.1 Å². The lowest BCUT2D eigenvalue weighted by molar-refractivity contribution is -0.137. The number of carbonyl (C=O) groups excluding carboxylic acids is 1. The van der Waals surface area contributed by atoms with Crippen molar-refractivity contribution in [3.8, 4) is 17.6 Å². The number of anilines is 1. The highest BCUT2D eigenvalue weighted by Gasteiger charge is 2.30. The average Bonchev–Trinajstić information content (AvgIpc) is 2.65. The number of benzene rings is 2. The highest BCUT2D eigenvalue weighted by Crippen LogP contribution is 2.31. The molecule has 1 amide bonds. The first-order valence-electron chi connectivity index (χ1n) is 7.61. The van der Waals surface area contributed by atoms with Crippen LogP contribution in [0.1, 0.15) is 11.1 Å². The molecule has 0 bridgehead atoms. The Morgan fingerprint density at radius 3 is 2.48 bits per heavy atom. The van der Waals surface area contributed by atoms with Crippen LogP contribution in [0, 0.1) is 11.3 Å². The molecule has 27 heavy (non-hydrogen) atoms. The molecule has 5 nitrogen and oxygen atoms in total. The van der Waals surface area contributed by atoms with Gasteiger partial charge in [0.1, 0.15) is 23.1 Å². The maximum absolute atomic E-state index is 12.8. The number of methoxy groups -OCH3 is 2. The van der Waals surface area contributed by atoms with Gasteiger partial charge in [-0.15, -0.1) is 0 Å². The predicted octanol–water partition coefficient (Wildman–Crippen LogP) is 4.27. The van der Waals surface area contributed by atoms with Crippen molar-refractivity contribution in [3.05, 3.63) is 59.2 Å². The van der Waals surface area contributed by atoms with Crippen molar-refractivity contribution >= 4 is 17.7 Å². The van der Waals surface area contributed by atoms with Crippen molar-refractivity contribution in [1.29, 1.82) is 5.26 Å². The molecule has 0 radical (unpaired) electrons. The van der Waals surface area contributed by atoms with E-state index >= 15 is 0 Å². The van der Waals surface area contributed by atoms with Crippen molar-refractivity contribution in [1.82, 2.24) is 0 Å². The summed E-state index contributed by atoms with van der Waals surface area (Å²) in [5, 5.41) is 11.5. The fourth-order valence-corrected chi connectivity index (χ4v) is 2.21. The van der Waals surface area contributed by atoms with Crippen LogP contribution >= 0.6 is 0 Å². The van der Waals surface area contributed by atoms with E-state index in [1.165, 1.54) is 32.4 Å². The predicted molar refractivity (Wildman–Crippen MR) is 93.2 cm³/mol. The van der Waals surface area contributed by atoms with Crippen molar-refractivity contribution in [2.45, 2.75) is 6.18 Å². The summed E-state index contributed by atoms with van der Waals surface area (Å²) in [5.74, 6) is 0.0552. The second-order valence-corrected chi connectivity index (χ2v) is 5.31. The van der Waals surface area contributed by atoms with Gasteiger partial charge in [-0.3, -0.25) is 4.79 Å². The van der Waals surface area contributed by atoms with Gasteiger partial charge in [0.05, 0.1) is 19.8 Å². The summed E-state index contributed by atoms with van der Waals surface area (Å²) in [4.78, 5) is 12.3. The number of hydrogen-bond acceptors (Lipinski definition) is 4. The molecule has 1 N–H and O–H groups in total. The number of nitrogens with zero attached hydrogens (tertiary/aromatic N) is 1. The molecule has 0 heterocycles. The second-order valence-electron chi connectivity index (χ2n) is 5.31. The standard InChI is InChI=1S/C19H15F3N2O3/c1-26-16-7-6-12(17(10-16)27-2)8-13(11-23)18(25)24-15-5-3-4-14(9-15)19(20,21)22/h3-10H,1-2H3,(H,24,25)/b13-8+. The SMILES string of the molecule is COc1ccc(/C=C(\C#N)C(=O)Nc2cccc(C(F)(F)F)c2)c(OC)c1. The molecule has 140 valence electrons. The molecular weight excluding hydrogens is 361 g/mol. The number of nitriles is 1. The lowest BCUT2D eigenvalue weighted by Gasteiger charge is -2.10. The fourth-order valence-electron chi connectivity index (χ4n) is 2.21. The van der Waals surface area contributed by atoms with Gasteiger partial charge in [-0.25, -0.2) is 0 Å². The maximum Gasteiger partial charge on any atom is 0.416 e. The Balaban J connectivity index is 2.29. The van der Waals surface area contributed by atoms with Crippen molar-refractivity contribution in [3.63, 3.8) is 0 Å². The molecular formula is C19H15F3N2O3. The summed E-state index contributed by atoms with van der Waals surface area (Å²) >= 11 is 0. The van der Waals surface area contributed by atoms with Crippen LogP contribution in [0.5, 0.6) is 11.5 Å². The van der Waals surface area contributed by atoms with Crippen molar-refractivity contribution in [2.24, 2.45) is 0 Å². The molecule has 2 rings (SSSR count). The van der Waals surface area contributed by atoms with Gasteiger partial charge in [0.2, 0.25) is 0 Å². The van der Waals surface area contributed by atoms with E-state index in [9.17, 15) is 23.2 Å². The Morgan fingerprint density at radius 1 is 1.15 bits per heavy atom. The first-order valence-corrected chi connectivity index (χ1v) is 7.61. The van der Waals surface area contributed by atoms with Gasteiger partial charge >= 0.3 is 6.18 Å². The van der Waals surface area contributed by atoms with E-state index in [1.54, 1.807) is 24.3 Å². The lowest BCUT2D eigenvalue weighted by atomic mass is 10.1. The van der Waals surface area contributed by atoms with Crippen LogP contribution < -0.4 is 14.8 Å². The second kappa shape index (κ2) is 8.27. The highest BCUT2D eigenvalue weighted by molar-refractivity contribution is 6.09. The van der Waals surface area contributed by atoms with Crippen LogP contribution in [0.4, 0.5) is 18.9 Å². The summed E-state index contributed by atoms with van der Waals surface area (Å²) in [6, 6.07) is 10.7. The topological polar surface area (TPSA) is 71.3 Å². The van der Waals surface area contributed by atoms with E-state index in [1.807, 2.05) is 0 Å². The molecule has 0 spiro atoms. The van der Waals surface area contributed by atoms with Gasteiger partial charge in [-0.2, -0.15) is 18.4 Å². The van der Waals surface area contributed by atoms with Crippen LogP contribution in [0.2, 0.25) is 0 Å². The molecule has 0 aromatic heterocycles. The number of nitrogens with one attached hydrogen (secondary N) is 1. The van der Waals surface area contributed by atoms with Crippen LogP contribution in [0.15, 0.2) is 48.0 Å². The van der Waals surface area contributed by atoms with Gasteiger partial charge in [0.15, 0.2) is 0 Å². The van der Waals surface area contributed by atoms with Gasteiger partial charge in [-0.1, -0.05) is 6.07 Å². The first-order chi connectivity index (χ1) is 12.8. The average molecular weight is 376 g/mol. The Hall–Kier alpha value is -3.47. The third-order valence-corrected chi connectivity index (χ3v) is 3.55. The zero-order valence-electron chi connectivity index (χ0n) is 14.4. The molecule has 2 aromatic rings. The molecule has 0 aliphatic heterocycles. The molecule has 0 fully saturated rings. The van der Waals surface area contributed by atoms with Gasteiger partial charge < -0.3 is 14.8 Å². The zero-order chi connectivity index (χ0) is 20.0. The fraction of sp³-hybridized carbons (Fsp3) is 0.158. The van der Waals surface area contributed by atoms with Crippen molar-refractivity contribution in [2.75, 3.05) is 19.5 Å². The van der Waals surface area contributed by atoms with Gasteiger partial charge in [0, 0.05) is 17.3 Å². The molecule has 0 aliphatic rings.